The van der Waals surface area contributed by atoms with Crippen LogP contribution in [0.1, 0.15) is 16.3 Å². The summed E-state index contributed by atoms with van der Waals surface area (Å²) in [6.45, 7) is 2.40. The van der Waals surface area contributed by atoms with E-state index in [0.717, 1.165) is 10.7 Å². The molecular formula is C13H12N4O2S. The Morgan fingerprint density at radius 1 is 1.55 bits per heavy atom. The molecule has 6 nitrogen and oxygen atoms in total. The first-order chi connectivity index (χ1) is 9.51. The van der Waals surface area contributed by atoms with Crippen LogP contribution in [0.2, 0.25) is 0 Å². The number of nitro benzene ring substituents is 1. The van der Waals surface area contributed by atoms with Gasteiger partial charge >= 0.3 is 0 Å². The average molecular weight is 288 g/mol. The number of aryl methyl sites for hydroxylation is 1. The average Bonchev–Trinajstić information content (AvgIpc) is 2.83. The summed E-state index contributed by atoms with van der Waals surface area (Å²) in [6.07, 6.45) is 0. The molecule has 0 unspecified atom stereocenters. The molecule has 0 aliphatic carbocycles. The predicted molar refractivity (Wildman–Crippen MR) is 76.8 cm³/mol. The van der Waals surface area contributed by atoms with Crippen molar-refractivity contribution in [2.45, 2.75) is 13.5 Å². The molecule has 0 fully saturated rings. The van der Waals surface area contributed by atoms with E-state index >= 15 is 0 Å². The van der Waals surface area contributed by atoms with Crippen LogP contribution in [0.5, 0.6) is 0 Å². The van der Waals surface area contributed by atoms with Crippen molar-refractivity contribution in [1.29, 1.82) is 5.26 Å². The van der Waals surface area contributed by atoms with E-state index in [2.05, 4.69) is 4.98 Å². The number of nitriles is 1. The molecule has 0 spiro atoms. The first kappa shape index (κ1) is 14.0. The zero-order valence-electron chi connectivity index (χ0n) is 11.0. The van der Waals surface area contributed by atoms with Gasteiger partial charge in [0, 0.05) is 24.2 Å². The molecule has 2 rings (SSSR count). The van der Waals surface area contributed by atoms with Gasteiger partial charge in [-0.1, -0.05) is 0 Å². The molecule has 0 radical (unpaired) electrons. The highest BCUT2D eigenvalue weighted by Crippen LogP contribution is 2.29. The Bertz CT molecular complexity index is 690. The Labute approximate surface area is 120 Å². The van der Waals surface area contributed by atoms with Crippen molar-refractivity contribution in [3.05, 3.63) is 50.0 Å². The van der Waals surface area contributed by atoms with E-state index in [1.807, 2.05) is 18.4 Å². The van der Waals surface area contributed by atoms with Crippen LogP contribution in [-0.2, 0) is 6.54 Å². The van der Waals surface area contributed by atoms with E-state index in [1.54, 1.807) is 24.1 Å². The van der Waals surface area contributed by atoms with E-state index in [4.69, 9.17) is 5.26 Å². The summed E-state index contributed by atoms with van der Waals surface area (Å²) in [5.41, 5.74) is 1.62. The van der Waals surface area contributed by atoms with Crippen LogP contribution in [0, 0.1) is 28.4 Å². The third-order valence-corrected chi connectivity index (χ3v) is 3.70. The summed E-state index contributed by atoms with van der Waals surface area (Å²) in [5, 5.41) is 22.8. The molecule has 1 aromatic carbocycles. The number of hydrogen-bond acceptors (Lipinski definition) is 6. The summed E-state index contributed by atoms with van der Waals surface area (Å²) in [5.74, 6) is 0. The number of hydrogen-bond donors (Lipinski definition) is 0. The van der Waals surface area contributed by atoms with Crippen molar-refractivity contribution < 1.29 is 4.92 Å². The number of aromatic nitrogens is 1. The van der Waals surface area contributed by atoms with E-state index in [9.17, 15) is 10.1 Å². The number of anilines is 1. The predicted octanol–water partition coefficient (Wildman–Crippen LogP) is 2.87. The smallest absolute Gasteiger partial charge is 0.293 e. The van der Waals surface area contributed by atoms with Crippen molar-refractivity contribution in [3.8, 4) is 6.07 Å². The molecule has 0 bridgehead atoms. The largest absolute Gasteiger partial charge is 0.362 e. The summed E-state index contributed by atoms with van der Waals surface area (Å²) < 4.78 is 0. The van der Waals surface area contributed by atoms with E-state index < -0.39 is 4.92 Å². The Kier molecular flexibility index (Phi) is 3.96. The van der Waals surface area contributed by atoms with Crippen molar-refractivity contribution in [2.75, 3.05) is 11.9 Å². The minimum absolute atomic E-state index is 0.0696. The van der Waals surface area contributed by atoms with Gasteiger partial charge in [0.05, 0.1) is 23.1 Å². The van der Waals surface area contributed by atoms with Crippen molar-refractivity contribution in [3.63, 3.8) is 0 Å². The van der Waals surface area contributed by atoms with Gasteiger partial charge in [0.25, 0.3) is 5.69 Å². The number of thiazole rings is 1. The summed E-state index contributed by atoms with van der Waals surface area (Å²) in [4.78, 5) is 16.7. The third-order valence-electron chi connectivity index (χ3n) is 2.75. The second-order valence-electron chi connectivity index (χ2n) is 4.31. The van der Waals surface area contributed by atoms with Crippen LogP contribution in [0.4, 0.5) is 11.4 Å². The second kappa shape index (κ2) is 5.67. The van der Waals surface area contributed by atoms with Gasteiger partial charge in [0.2, 0.25) is 0 Å². The standard InChI is InChI=1S/C13H12N4O2S/c1-9-8-20-13(15-9)7-16(2)11-4-3-10(6-14)5-12(11)17(18)19/h3-5,8H,7H2,1-2H3. The summed E-state index contributed by atoms with van der Waals surface area (Å²) >= 11 is 1.52. The second-order valence-corrected chi connectivity index (χ2v) is 5.25. The zero-order chi connectivity index (χ0) is 14.7. The first-order valence-corrected chi connectivity index (χ1v) is 6.70. The SMILES string of the molecule is Cc1csc(CN(C)c2ccc(C#N)cc2[N+](=O)[O-])n1. The summed E-state index contributed by atoms with van der Waals surface area (Å²) in [6, 6.07) is 6.37. The van der Waals surface area contributed by atoms with Crippen molar-refractivity contribution in [1.82, 2.24) is 4.98 Å². The fraction of sp³-hybridized carbons (Fsp3) is 0.231. The Morgan fingerprint density at radius 2 is 2.30 bits per heavy atom. The molecule has 0 saturated heterocycles. The highest BCUT2D eigenvalue weighted by molar-refractivity contribution is 7.09. The van der Waals surface area contributed by atoms with Crippen molar-refractivity contribution in [2.24, 2.45) is 0 Å². The van der Waals surface area contributed by atoms with Crippen LogP contribution in [-0.4, -0.2) is 17.0 Å². The minimum Gasteiger partial charge on any atom is -0.362 e. The first-order valence-electron chi connectivity index (χ1n) is 5.82. The lowest BCUT2D eigenvalue weighted by Crippen LogP contribution is -2.17. The molecule has 0 aliphatic heterocycles. The van der Waals surface area contributed by atoms with Gasteiger partial charge in [-0.25, -0.2) is 4.98 Å². The van der Waals surface area contributed by atoms with Gasteiger partial charge in [-0.3, -0.25) is 10.1 Å². The van der Waals surface area contributed by atoms with Crippen LogP contribution < -0.4 is 4.90 Å². The molecule has 20 heavy (non-hydrogen) atoms. The van der Waals surface area contributed by atoms with E-state index in [1.165, 1.54) is 17.4 Å². The van der Waals surface area contributed by atoms with Gasteiger partial charge in [-0.05, 0) is 19.1 Å². The van der Waals surface area contributed by atoms with Gasteiger partial charge in [-0.15, -0.1) is 11.3 Å². The number of nitrogens with zero attached hydrogens (tertiary/aromatic N) is 4. The lowest BCUT2D eigenvalue weighted by Gasteiger charge is -2.17. The maximum atomic E-state index is 11.1. The quantitative estimate of drug-likeness (QED) is 0.638. The molecule has 102 valence electrons. The normalized spacial score (nSPS) is 10.1. The zero-order valence-corrected chi connectivity index (χ0v) is 11.8. The Balaban J connectivity index is 2.31. The third kappa shape index (κ3) is 2.92. The van der Waals surface area contributed by atoms with Crippen molar-refractivity contribution >= 4 is 22.7 Å². The van der Waals surface area contributed by atoms with Gasteiger partial charge < -0.3 is 4.90 Å². The monoisotopic (exact) mass is 288 g/mol. The molecule has 0 N–H and O–H groups in total. The molecule has 1 heterocycles. The molecule has 7 heteroatoms. The highest BCUT2D eigenvalue weighted by Gasteiger charge is 2.18. The van der Waals surface area contributed by atoms with E-state index in [0.29, 0.717) is 12.2 Å². The Morgan fingerprint density at radius 3 is 2.85 bits per heavy atom. The molecule has 0 aliphatic rings. The van der Waals surface area contributed by atoms with Crippen LogP contribution >= 0.6 is 11.3 Å². The maximum absolute atomic E-state index is 11.1. The molecular weight excluding hydrogens is 276 g/mol. The molecule has 2 aromatic rings. The lowest BCUT2D eigenvalue weighted by molar-refractivity contribution is -0.384. The van der Waals surface area contributed by atoms with E-state index in [-0.39, 0.29) is 11.3 Å². The van der Waals surface area contributed by atoms with Crippen LogP contribution in [0.3, 0.4) is 0 Å². The molecule has 0 amide bonds. The minimum atomic E-state index is -0.472. The van der Waals surface area contributed by atoms with Gasteiger partial charge in [-0.2, -0.15) is 5.26 Å². The molecule has 0 atom stereocenters. The summed E-state index contributed by atoms with van der Waals surface area (Å²) in [7, 11) is 1.77. The number of nitro groups is 1. The lowest BCUT2D eigenvalue weighted by atomic mass is 10.2. The molecule has 0 saturated carbocycles. The van der Waals surface area contributed by atoms with Crippen LogP contribution in [0.15, 0.2) is 23.6 Å². The maximum Gasteiger partial charge on any atom is 0.293 e. The highest BCUT2D eigenvalue weighted by atomic mass is 32.1. The fourth-order valence-electron chi connectivity index (χ4n) is 1.83. The van der Waals surface area contributed by atoms with Crippen LogP contribution in [0.25, 0.3) is 0 Å². The van der Waals surface area contributed by atoms with Gasteiger partial charge in [0.15, 0.2) is 0 Å². The molecule has 1 aromatic heterocycles. The number of rotatable bonds is 4. The fourth-order valence-corrected chi connectivity index (χ4v) is 2.65. The number of benzene rings is 1. The van der Waals surface area contributed by atoms with Gasteiger partial charge in [0.1, 0.15) is 10.7 Å². The Hall–Kier alpha value is -2.46. The topological polar surface area (TPSA) is 83.1 Å².